The molecular formula is C26H26F4N2O8. The summed E-state index contributed by atoms with van der Waals surface area (Å²) in [6.07, 6.45) is -1.51. The van der Waals surface area contributed by atoms with Crippen LogP contribution in [-0.4, -0.2) is 52.2 Å². The fraction of sp³-hybridized carbons (Fsp3) is 0.346. The Hall–Kier alpha value is -4.49. The van der Waals surface area contributed by atoms with Crippen molar-refractivity contribution in [3.05, 3.63) is 53.6 Å². The van der Waals surface area contributed by atoms with Crippen molar-refractivity contribution in [2.45, 2.75) is 39.2 Å². The van der Waals surface area contributed by atoms with Crippen LogP contribution in [0, 0.1) is 35.1 Å². The van der Waals surface area contributed by atoms with Gasteiger partial charge in [0.2, 0.25) is 23.3 Å². The summed E-state index contributed by atoms with van der Waals surface area (Å²) in [5, 5.41) is 23.0. The molecule has 40 heavy (non-hydrogen) atoms. The quantitative estimate of drug-likeness (QED) is 0.117. The number of carboxylic acid groups (broad SMARTS) is 1. The van der Waals surface area contributed by atoms with E-state index in [0.29, 0.717) is 0 Å². The summed E-state index contributed by atoms with van der Waals surface area (Å²) in [4.78, 5) is 61.2. The number of benzene rings is 2. The maximum absolute atomic E-state index is 13.8. The Bertz CT molecular complexity index is 1260. The molecule has 0 fully saturated rings. The van der Waals surface area contributed by atoms with Gasteiger partial charge < -0.3 is 25.6 Å². The molecule has 10 nitrogen and oxygen atoms in total. The zero-order valence-electron chi connectivity index (χ0n) is 21.3. The number of anilines is 1. The summed E-state index contributed by atoms with van der Waals surface area (Å²) in [6.45, 7) is 1.97. The summed E-state index contributed by atoms with van der Waals surface area (Å²) in [5.74, 6) is -15.8. The number of phenolic OH excluding ortho intramolecular Hbond substituents is 1. The lowest BCUT2D eigenvalue weighted by Gasteiger charge is -2.23. The molecule has 0 aliphatic heterocycles. The van der Waals surface area contributed by atoms with Crippen molar-refractivity contribution < 1.29 is 56.5 Å². The Morgan fingerprint density at radius 3 is 2.05 bits per heavy atom. The number of ether oxygens (including phenoxy) is 1. The number of hydrogen-bond donors (Lipinski definition) is 4. The standard InChI is InChI=1S/C26H26F4N2O8/c1-12(2)15(7-8-19(34)26(39)31-13-3-5-14(33)6-4-13)25(38)32-18(10-21(36)37)20(35)11-40-24-22(29)16(27)9-17(28)23(24)30/h3-6,9,12,15,18,33H,7-8,10-11H2,1-2H3,(H,31,39)(H,32,38)(H,36,37)/t15-,18?/m0/s1. The zero-order valence-corrected chi connectivity index (χ0v) is 21.3. The van der Waals surface area contributed by atoms with Crippen molar-refractivity contribution in [3.8, 4) is 11.5 Å². The molecule has 0 heterocycles. The minimum atomic E-state index is -1.91. The smallest absolute Gasteiger partial charge is 0.305 e. The molecule has 2 rings (SSSR count). The Kier molecular flexibility index (Phi) is 11.1. The SMILES string of the molecule is CC(C)[C@H](CCC(=O)C(=O)Nc1ccc(O)cc1)C(=O)NC(CC(=O)O)C(=O)COc1c(F)c(F)cc(F)c1F. The molecule has 14 heteroatoms. The van der Waals surface area contributed by atoms with E-state index in [1.54, 1.807) is 13.8 Å². The van der Waals surface area contributed by atoms with Gasteiger partial charge in [-0.2, -0.15) is 8.78 Å². The first-order chi connectivity index (χ1) is 18.7. The lowest BCUT2D eigenvalue weighted by atomic mass is 9.89. The first-order valence-corrected chi connectivity index (χ1v) is 11.8. The average Bonchev–Trinajstić information content (AvgIpc) is 2.87. The van der Waals surface area contributed by atoms with Crippen LogP contribution in [0.4, 0.5) is 23.2 Å². The number of aliphatic carboxylic acids is 1. The molecule has 0 radical (unpaired) electrons. The van der Waals surface area contributed by atoms with E-state index in [0.717, 1.165) is 0 Å². The van der Waals surface area contributed by atoms with Crippen molar-refractivity contribution in [1.82, 2.24) is 5.32 Å². The molecule has 0 aliphatic rings. The highest BCUT2D eigenvalue weighted by Gasteiger charge is 2.31. The van der Waals surface area contributed by atoms with Crippen LogP contribution in [0.2, 0.25) is 0 Å². The molecule has 0 aliphatic carbocycles. The molecular weight excluding hydrogens is 544 g/mol. The van der Waals surface area contributed by atoms with E-state index in [1.807, 2.05) is 0 Å². The van der Waals surface area contributed by atoms with Crippen LogP contribution in [0.1, 0.15) is 33.1 Å². The largest absolute Gasteiger partial charge is 0.508 e. The fourth-order valence-electron chi connectivity index (χ4n) is 3.53. The van der Waals surface area contributed by atoms with E-state index in [2.05, 4.69) is 15.4 Å². The molecule has 0 bridgehead atoms. The molecule has 1 unspecified atom stereocenters. The number of carbonyl (C=O) groups excluding carboxylic acids is 4. The third kappa shape index (κ3) is 8.78. The summed E-state index contributed by atoms with van der Waals surface area (Å²) < 4.78 is 58.9. The number of amides is 2. The van der Waals surface area contributed by atoms with Crippen molar-refractivity contribution in [1.29, 1.82) is 0 Å². The fourth-order valence-corrected chi connectivity index (χ4v) is 3.53. The first-order valence-electron chi connectivity index (χ1n) is 11.8. The Morgan fingerprint density at radius 2 is 1.52 bits per heavy atom. The van der Waals surface area contributed by atoms with Crippen LogP contribution >= 0.6 is 0 Å². The van der Waals surface area contributed by atoms with Crippen molar-refractivity contribution in [3.63, 3.8) is 0 Å². The molecule has 0 saturated heterocycles. The number of carbonyl (C=O) groups is 5. The van der Waals surface area contributed by atoms with Gasteiger partial charge in [0, 0.05) is 24.1 Å². The molecule has 216 valence electrons. The summed E-state index contributed by atoms with van der Waals surface area (Å²) in [6, 6.07) is 3.49. The van der Waals surface area contributed by atoms with Crippen LogP contribution in [0.25, 0.3) is 0 Å². The molecule has 2 atom stereocenters. The Morgan fingerprint density at radius 1 is 0.950 bits per heavy atom. The van der Waals surface area contributed by atoms with Gasteiger partial charge in [0.1, 0.15) is 18.4 Å². The monoisotopic (exact) mass is 570 g/mol. The number of Topliss-reactive ketones (excluding diaryl/α,β-unsaturated/α-hetero) is 2. The van der Waals surface area contributed by atoms with Crippen LogP contribution in [0.5, 0.6) is 11.5 Å². The number of ketones is 2. The second-order valence-electron chi connectivity index (χ2n) is 9.02. The van der Waals surface area contributed by atoms with Crippen molar-refractivity contribution >= 4 is 35.0 Å². The summed E-state index contributed by atoms with van der Waals surface area (Å²) >= 11 is 0. The van der Waals surface area contributed by atoms with Crippen LogP contribution in [-0.2, 0) is 24.0 Å². The highest BCUT2D eigenvalue weighted by molar-refractivity contribution is 6.40. The summed E-state index contributed by atoms with van der Waals surface area (Å²) in [7, 11) is 0. The minimum Gasteiger partial charge on any atom is -0.508 e. The second-order valence-corrected chi connectivity index (χ2v) is 9.02. The van der Waals surface area contributed by atoms with E-state index in [9.17, 15) is 46.6 Å². The molecule has 2 aromatic carbocycles. The lowest BCUT2D eigenvalue weighted by molar-refractivity contribution is -0.141. The van der Waals surface area contributed by atoms with E-state index in [-0.39, 0.29) is 30.3 Å². The predicted molar refractivity (Wildman–Crippen MR) is 130 cm³/mol. The van der Waals surface area contributed by atoms with Gasteiger partial charge in [0.25, 0.3) is 5.91 Å². The maximum Gasteiger partial charge on any atom is 0.305 e. The van der Waals surface area contributed by atoms with Crippen molar-refractivity contribution in [2.24, 2.45) is 11.8 Å². The number of rotatable bonds is 14. The number of phenols is 1. The minimum absolute atomic E-state index is 0.0523. The van der Waals surface area contributed by atoms with Gasteiger partial charge in [-0.15, -0.1) is 0 Å². The van der Waals surface area contributed by atoms with Gasteiger partial charge in [0.15, 0.2) is 23.2 Å². The van der Waals surface area contributed by atoms with Crippen molar-refractivity contribution in [2.75, 3.05) is 11.9 Å². The number of hydrogen-bond acceptors (Lipinski definition) is 7. The topological polar surface area (TPSA) is 159 Å². The maximum atomic E-state index is 13.8. The molecule has 0 saturated carbocycles. The lowest BCUT2D eigenvalue weighted by Crippen LogP contribution is -2.47. The van der Waals surface area contributed by atoms with E-state index >= 15 is 0 Å². The molecule has 4 N–H and O–H groups in total. The second kappa shape index (κ2) is 14.1. The van der Waals surface area contributed by atoms with Gasteiger partial charge in [-0.25, -0.2) is 8.78 Å². The highest BCUT2D eigenvalue weighted by atomic mass is 19.2. The molecule has 2 amide bonds. The average molecular weight is 570 g/mol. The van der Waals surface area contributed by atoms with Crippen LogP contribution in [0.15, 0.2) is 30.3 Å². The number of halogens is 4. The Labute approximate surface area is 225 Å². The van der Waals surface area contributed by atoms with Gasteiger partial charge in [-0.1, -0.05) is 13.8 Å². The number of aromatic hydroxyl groups is 1. The van der Waals surface area contributed by atoms with Gasteiger partial charge in [0.05, 0.1) is 6.42 Å². The van der Waals surface area contributed by atoms with Gasteiger partial charge in [-0.3, -0.25) is 24.0 Å². The van der Waals surface area contributed by atoms with E-state index < -0.39 is 89.3 Å². The highest BCUT2D eigenvalue weighted by Crippen LogP contribution is 2.26. The molecule has 0 aromatic heterocycles. The number of carboxylic acids is 1. The van der Waals surface area contributed by atoms with E-state index in [1.165, 1.54) is 24.3 Å². The first kappa shape index (κ1) is 31.7. The van der Waals surface area contributed by atoms with Crippen LogP contribution in [0.3, 0.4) is 0 Å². The van der Waals surface area contributed by atoms with E-state index in [4.69, 9.17) is 5.11 Å². The third-order valence-electron chi connectivity index (χ3n) is 5.72. The van der Waals surface area contributed by atoms with Gasteiger partial charge in [-0.05, 0) is 36.6 Å². The molecule has 0 spiro atoms. The Balaban J connectivity index is 2.05. The third-order valence-corrected chi connectivity index (χ3v) is 5.72. The van der Waals surface area contributed by atoms with Crippen LogP contribution < -0.4 is 15.4 Å². The van der Waals surface area contributed by atoms with Gasteiger partial charge >= 0.3 is 5.97 Å². The predicted octanol–water partition coefficient (Wildman–Crippen LogP) is 3.12. The summed E-state index contributed by atoms with van der Waals surface area (Å²) in [5.41, 5.74) is 0.243. The number of nitrogens with one attached hydrogen (secondary N) is 2. The molecule has 2 aromatic rings. The zero-order chi connectivity index (χ0) is 30.1. The normalized spacial score (nSPS) is 12.4.